The summed E-state index contributed by atoms with van der Waals surface area (Å²) in [4.78, 5) is 12.7. The van der Waals surface area contributed by atoms with E-state index in [1.807, 2.05) is 6.07 Å². The quantitative estimate of drug-likeness (QED) is 0.691. The van der Waals surface area contributed by atoms with Gasteiger partial charge in [0.1, 0.15) is 0 Å². The summed E-state index contributed by atoms with van der Waals surface area (Å²) < 4.78 is 1.90. The molecule has 0 aromatic carbocycles. The summed E-state index contributed by atoms with van der Waals surface area (Å²) >= 11 is 8.23. The van der Waals surface area contributed by atoms with E-state index in [1.165, 1.54) is 30.6 Å². The van der Waals surface area contributed by atoms with E-state index in [0.29, 0.717) is 0 Å². The number of unbranched alkanes of at least 4 members (excludes halogenated alkanes) is 2. The molecule has 1 aromatic rings. The molecule has 96 valence electrons. The third-order valence-corrected chi connectivity index (χ3v) is 5.74. The molecule has 5 heteroatoms. The molecule has 0 aliphatic heterocycles. The van der Waals surface area contributed by atoms with Crippen LogP contribution >= 0.6 is 43.2 Å². The third kappa shape index (κ3) is 5.10. The van der Waals surface area contributed by atoms with Crippen LogP contribution in [0, 0.1) is 0 Å². The largest absolute Gasteiger partial charge is 0.349 e. The van der Waals surface area contributed by atoms with Crippen LogP contribution in [0.3, 0.4) is 0 Å². The Morgan fingerprint density at radius 1 is 1.47 bits per heavy atom. The summed E-state index contributed by atoms with van der Waals surface area (Å²) in [7, 11) is 0. The molecule has 17 heavy (non-hydrogen) atoms. The van der Waals surface area contributed by atoms with Gasteiger partial charge in [-0.05, 0) is 51.3 Å². The summed E-state index contributed by atoms with van der Waals surface area (Å²) in [5.41, 5.74) is 0. The summed E-state index contributed by atoms with van der Waals surface area (Å²) in [6.07, 6.45) is 4.67. The second-order valence-electron chi connectivity index (χ2n) is 4.10. The summed E-state index contributed by atoms with van der Waals surface area (Å²) in [5, 5.41) is 3.03. The minimum Gasteiger partial charge on any atom is -0.349 e. The fourth-order valence-corrected chi connectivity index (χ4v) is 3.46. The van der Waals surface area contributed by atoms with Gasteiger partial charge in [0, 0.05) is 10.5 Å². The molecule has 0 bridgehead atoms. The van der Waals surface area contributed by atoms with E-state index in [1.54, 1.807) is 0 Å². The Kier molecular flexibility index (Phi) is 6.74. The molecule has 0 saturated heterocycles. The van der Waals surface area contributed by atoms with Crippen molar-refractivity contribution in [2.45, 2.75) is 45.6 Å². The zero-order valence-corrected chi connectivity index (χ0v) is 14.0. The van der Waals surface area contributed by atoms with Gasteiger partial charge in [0.15, 0.2) is 0 Å². The molecule has 1 N–H and O–H groups in total. The lowest BCUT2D eigenvalue weighted by molar-refractivity contribution is 0.0942. The van der Waals surface area contributed by atoms with Gasteiger partial charge in [0.2, 0.25) is 0 Å². The van der Waals surface area contributed by atoms with Crippen molar-refractivity contribution in [3.8, 4) is 0 Å². The van der Waals surface area contributed by atoms with Crippen molar-refractivity contribution >= 4 is 49.1 Å². The maximum absolute atomic E-state index is 11.9. The lowest BCUT2D eigenvalue weighted by Gasteiger charge is -2.12. The average molecular weight is 383 g/mol. The van der Waals surface area contributed by atoms with E-state index in [0.717, 1.165) is 19.6 Å². The van der Waals surface area contributed by atoms with Gasteiger partial charge in [-0.3, -0.25) is 4.79 Å². The van der Waals surface area contributed by atoms with Gasteiger partial charge in [0.25, 0.3) is 5.91 Å². The molecule has 0 spiro atoms. The van der Waals surface area contributed by atoms with Crippen molar-refractivity contribution in [2.24, 2.45) is 0 Å². The van der Waals surface area contributed by atoms with Crippen LogP contribution in [-0.2, 0) is 0 Å². The van der Waals surface area contributed by atoms with Crippen LogP contribution in [-0.4, -0.2) is 11.9 Å². The van der Waals surface area contributed by atoms with Crippen LogP contribution in [0.4, 0.5) is 0 Å². The van der Waals surface area contributed by atoms with Gasteiger partial charge in [0.05, 0.1) is 8.66 Å². The molecule has 1 aromatic heterocycles. The number of hydrogen-bond acceptors (Lipinski definition) is 2. The van der Waals surface area contributed by atoms with Crippen LogP contribution in [0.15, 0.2) is 14.3 Å². The van der Waals surface area contributed by atoms with Gasteiger partial charge in [-0.15, -0.1) is 11.3 Å². The van der Waals surface area contributed by atoms with E-state index in [2.05, 4.69) is 51.0 Å². The molecule has 0 unspecified atom stereocenters. The predicted octanol–water partition coefficient (Wildman–Crippen LogP) is 4.97. The van der Waals surface area contributed by atoms with Crippen molar-refractivity contribution in [1.82, 2.24) is 5.32 Å². The molecule has 0 aliphatic rings. The number of nitrogens with one attached hydrogen (secondary N) is 1. The molecule has 1 amide bonds. The first kappa shape index (κ1) is 15.2. The number of amides is 1. The van der Waals surface area contributed by atoms with Gasteiger partial charge in [-0.1, -0.05) is 26.2 Å². The number of carbonyl (C=O) groups is 1. The molecule has 1 atom stereocenters. The molecular weight excluding hydrogens is 366 g/mol. The Bertz CT molecular complexity index is 359. The van der Waals surface area contributed by atoms with Crippen LogP contribution in [0.1, 0.15) is 49.2 Å². The first-order valence-electron chi connectivity index (χ1n) is 5.80. The van der Waals surface area contributed by atoms with Gasteiger partial charge >= 0.3 is 0 Å². The molecule has 0 radical (unpaired) electrons. The highest BCUT2D eigenvalue weighted by Crippen LogP contribution is 2.32. The van der Waals surface area contributed by atoms with Crippen molar-refractivity contribution in [1.29, 1.82) is 0 Å². The molecule has 2 nitrogen and oxygen atoms in total. The fourth-order valence-electron chi connectivity index (χ4n) is 1.53. The second kappa shape index (κ2) is 7.54. The van der Waals surface area contributed by atoms with Crippen molar-refractivity contribution in [3.05, 3.63) is 19.2 Å². The maximum Gasteiger partial charge on any atom is 0.261 e. The Hall–Kier alpha value is 0.130. The Morgan fingerprint density at radius 2 is 2.18 bits per heavy atom. The fraction of sp³-hybridized carbons (Fsp3) is 0.583. The average Bonchev–Trinajstić information content (AvgIpc) is 2.60. The van der Waals surface area contributed by atoms with E-state index < -0.39 is 0 Å². The lowest BCUT2D eigenvalue weighted by atomic mass is 10.1. The van der Waals surface area contributed by atoms with E-state index in [9.17, 15) is 4.79 Å². The zero-order chi connectivity index (χ0) is 12.8. The molecule has 1 rings (SSSR count). The highest BCUT2D eigenvalue weighted by Gasteiger charge is 2.13. The first-order chi connectivity index (χ1) is 8.04. The predicted molar refractivity (Wildman–Crippen MR) is 80.8 cm³/mol. The number of thiophene rings is 1. The number of carbonyl (C=O) groups excluding carboxylic acids is 1. The number of halogens is 2. The monoisotopic (exact) mass is 381 g/mol. The highest BCUT2D eigenvalue weighted by molar-refractivity contribution is 9.13. The minimum atomic E-state index is 0.0189. The van der Waals surface area contributed by atoms with E-state index >= 15 is 0 Å². The summed E-state index contributed by atoms with van der Waals surface area (Å²) in [6, 6.07) is 2.09. The normalized spacial score (nSPS) is 12.5. The summed E-state index contributed by atoms with van der Waals surface area (Å²) in [5.74, 6) is 0.0189. The topological polar surface area (TPSA) is 29.1 Å². The van der Waals surface area contributed by atoms with Crippen LogP contribution in [0.5, 0.6) is 0 Å². The Labute approximate surface area is 123 Å². The van der Waals surface area contributed by atoms with Crippen molar-refractivity contribution in [2.75, 3.05) is 0 Å². The number of hydrogen-bond donors (Lipinski definition) is 1. The lowest BCUT2D eigenvalue weighted by Crippen LogP contribution is -2.31. The minimum absolute atomic E-state index is 0.0189. The first-order valence-corrected chi connectivity index (χ1v) is 8.20. The number of rotatable bonds is 6. The van der Waals surface area contributed by atoms with E-state index in [4.69, 9.17) is 0 Å². The van der Waals surface area contributed by atoms with Crippen molar-refractivity contribution < 1.29 is 4.79 Å². The standard InChI is InChI=1S/C12H17Br2NOS/c1-3-4-5-6-8(2)15-12(16)10-7-9(13)11(14)17-10/h7-8H,3-6H2,1-2H3,(H,15,16)/t8-/m0/s1. The maximum atomic E-state index is 11.9. The van der Waals surface area contributed by atoms with E-state index in [-0.39, 0.29) is 11.9 Å². The molecule has 0 saturated carbocycles. The Morgan fingerprint density at radius 3 is 2.71 bits per heavy atom. The van der Waals surface area contributed by atoms with Crippen LogP contribution in [0.2, 0.25) is 0 Å². The van der Waals surface area contributed by atoms with Crippen LogP contribution < -0.4 is 5.32 Å². The Balaban J connectivity index is 2.43. The molecule has 0 fully saturated rings. The second-order valence-corrected chi connectivity index (χ2v) is 7.33. The third-order valence-electron chi connectivity index (χ3n) is 2.49. The van der Waals surface area contributed by atoms with Gasteiger partial charge in [-0.25, -0.2) is 0 Å². The van der Waals surface area contributed by atoms with Gasteiger partial charge < -0.3 is 5.32 Å². The molecular formula is C12H17Br2NOS. The zero-order valence-electron chi connectivity index (χ0n) is 10.1. The molecule has 0 aliphatic carbocycles. The summed E-state index contributed by atoms with van der Waals surface area (Å²) in [6.45, 7) is 4.25. The smallest absolute Gasteiger partial charge is 0.261 e. The SMILES string of the molecule is CCCCC[C@H](C)NC(=O)c1cc(Br)c(Br)s1. The van der Waals surface area contributed by atoms with Crippen molar-refractivity contribution in [3.63, 3.8) is 0 Å². The molecule has 1 heterocycles. The highest BCUT2D eigenvalue weighted by atomic mass is 79.9. The van der Waals surface area contributed by atoms with Crippen LogP contribution in [0.25, 0.3) is 0 Å². The van der Waals surface area contributed by atoms with Gasteiger partial charge in [-0.2, -0.15) is 0 Å².